The molecule has 1 amide bonds. The summed E-state index contributed by atoms with van der Waals surface area (Å²) in [5.41, 5.74) is 11.3. The van der Waals surface area contributed by atoms with E-state index >= 15 is 0 Å². The molecule has 0 aliphatic carbocycles. The van der Waals surface area contributed by atoms with Gasteiger partial charge in [0.15, 0.2) is 0 Å². The van der Waals surface area contributed by atoms with Gasteiger partial charge in [-0.2, -0.15) is 0 Å². The molecule has 1 aliphatic heterocycles. The minimum Gasteiger partial charge on any atom is -0.458 e. The van der Waals surface area contributed by atoms with Gasteiger partial charge in [0.25, 0.3) is 5.91 Å². The molecule has 4 aromatic rings. The van der Waals surface area contributed by atoms with E-state index in [1.165, 1.54) is 11.3 Å². The SMILES string of the molecule is CC(=N)N1C(=N)[C@@H](CC(=O)O[C@H](C)c2ccc(C(=O)Nc3ccccc3N)cc2)N=C(c2ccc(Cl)cc2)c2c1sc(C)c2C. The maximum atomic E-state index is 13.3. The minimum absolute atomic E-state index is 0.0213. The van der Waals surface area contributed by atoms with Crippen LogP contribution in [0, 0.1) is 24.7 Å². The van der Waals surface area contributed by atoms with Crippen molar-refractivity contribution in [1.29, 1.82) is 10.8 Å². The Bertz CT molecular complexity index is 1830. The average molecular weight is 641 g/mol. The third kappa shape index (κ3) is 6.67. The first kappa shape index (κ1) is 31.6. The lowest BCUT2D eigenvalue weighted by Gasteiger charge is -2.25. The van der Waals surface area contributed by atoms with Gasteiger partial charge in [-0.3, -0.25) is 30.3 Å². The van der Waals surface area contributed by atoms with E-state index in [1.807, 2.05) is 26.0 Å². The van der Waals surface area contributed by atoms with Crippen LogP contribution in [-0.4, -0.2) is 35.3 Å². The average Bonchev–Trinajstić information content (AvgIpc) is 3.22. The van der Waals surface area contributed by atoms with E-state index in [0.29, 0.717) is 33.2 Å². The summed E-state index contributed by atoms with van der Waals surface area (Å²) in [5.74, 6) is -0.678. The molecule has 0 saturated heterocycles. The van der Waals surface area contributed by atoms with Crippen molar-refractivity contribution in [2.75, 3.05) is 16.0 Å². The fourth-order valence-electron chi connectivity index (χ4n) is 5.07. The Morgan fingerprint density at radius 2 is 1.76 bits per heavy atom. The van der Waals surface area contributed by atoms with Crippen LogP contribution < -0.4 is 16.0 Å². The van der Waals surface area contributed by atoms with Crippen molar-refractivity contribution in [1.82, 2.24) is 0 Å². The first-order chi connectivity index (χ1) is 21.4. The number of amidine groups is 2. The number of ether oxygens (including phenoxy) is 1. The number of para-hydroxylation sites is 2. The Labute approximate surface area is 270 Å². The first-order valence-electron chi connectivity index (χ1n) is 14.3. The molecule has 0 saturated carbocycles. The highest BCUT2D eigenvalue weighted by Crippen LogP contribution is 2.40. The molecule has 5 rings (SSSR count). The number of amides is 1. The number of esters is 1. The predicted octanol–water partition coefficient (Wildman–Crippen LogP) is 7.55. The van der Waals surface area contributed by atoms with Crippen molar-refractivity contribution in [3.05, 3.63) is 111 Å². The topological polar surface area (TPSA) is 145 Å². The van der Waals surface area contributed by atoms with Crippen molar-refractivity contribution in [2.24, 2.45) is 4.99 Å². The number of nitrogen functional groups attached to an aromatic ring is 1. The number of hydrogen-bond donors (Lipinski definition) is 4. The third-order valence-corrected chi connectivity index (χ3v) is 9.07. The minimum atomic E-state index is -0.897. The number of carbonyl (C=O) groups excluding carboxylic acids is 2. The smallest absolute Gasteiger partial charge is 0.309 e. The van der Waals surface area contributed by atoms with Gasteiger partial charge < -0.3 is 15.8 Å². The van der Waals surface area contributed by atoms with Crippen molar-refractivity contribution < 1.29 is 14.3 Å². The lowest BCUT2D eigenvalue weighted by Crippen LogP contribution is -2.41. The second-order valence-corrected chi connectivity index (χ2v) is 12.4. The molecule has 9 nitrogen and oxygen atoms in total. The number of carbonyl (C=O) groups is 2. The third-order valence-electron chi connectivity index (χ3n) is 7.62. The maximum Gasteiger partial charge on any atom is 0.309 e. The second kappa shape index (κ2) is 13.1. The largest absolute Gasteiger partial charge is 0.458 e. The fraction of sp³-hybridized carbons (Fsp3) is 0.206. The van der Waals surface area contributed by atoms with Crippen LogP contribution in [0.25, 0.3) is 0 Å². The number of hydrogen-bond acceptors (Lipinski definition) is 8. The molecule has 0 bridgehead atoms. The summed E-state index contributed by atoms with van der Waals surface area (Å²) in [6.07, 6.45) is -0.818. The van der Waals surface area contributed by atoms with E-state index in [0.717, 1.165) is 26.6 Å². The lowest BCUT2D eigenvalue weighted by molar-refractivity contribution is -0.148. The number of aryl methyl sites for hydroxylation is 1. The number of fused-ring (bicyclic) bond motifs is 1. The number of aliphatic imine (C=N–C) groups is 1. The monoisotopic (exact) mass is 640 g/mol. The molecule has 1 aliphatic rings. The second-order valence-electron chi connectivity index (χ2n) is 10.8. The first-order valence-corrected chi connectivity index (χ1v) is 15.5. The normalized spacial score (nSPS) is 15.0. The Hall–Kier alpha value is -4.80. The molecule has 0 unspecified atom stereocenters. The molecule has 0 radical (unpaired) electrons. The number of nitrogens with zero attached hydrogens (tertiary/aromatic N) is 2. The van der Waals surface area contributed by atoms with Gasteiger partial charge in [0, 0.05) is 26.6 Å². The Morgan fingerprint density at radius 1 is 1.09 bits per heavy atom. The Balaban J connectivity index is 1.36. The molecule has 0 spiro atoms. The van der Waals surface area contributed by atoms with Gasteiger partial charge >= 0.3 is 5.97 Å². The molecular formula is C34H33ClN6O3S. The van der Waals surface area contributed by atoms with Crippen LogP contribution >= 0.6 is 22.9 Å². The molecule has 3 aromatic carbocycles. The van der Waals surface area contributed by atoms with Gasteiger partial charge in [0.05, 0.1) is 23.5 Å². The van der Waals surface area contributed by atoms with Gasteiger partial charge in [-0.1, -0.05) is 48.0 Å². The zero-order valence-corrected chi connectivity index (χ0v) is 26.8. The summed E-state index contributed by atoms with van der Waals surface area (Å²) in [6, 6.07) is 20.2. The van der Waals surface area contributed by atoms with Crippen LogP contribution in [0.4, 0.5) is 16.4 Å². The van der Waals surface area contributed by atoms with E-state index in [-0.39, 0.29) is 24.0 Å². The number of nitrogens with one attached hydrogen (secondary N) is 3. The molecule has 2 atom stereocenters. The fourth-order valence-corrected chi connectivity index (χ4v) is 6.42. The van der Waals surface area contributed by atoms with Crippen LogP contribution in [0.15, 0.2) is 77.8 Å². The molecule has 2 heterocycles. The predicted molar refractivity (Wildman–Crippen MR) is 183 cm³/mol. The number of rotatable bonds is 7. The van der Waals surface area contributed by atoms with E-state index in [2.05, 4.69) is 5.32 Å². The molecule has 45 heavy (non-hydrogen) atoms. The number of halogens is 1. The van der Waals surface area contributed by atoms with Gasteiger partial charge in [-0.25, -0.2) is 0 Å². The van der Waals surface area contributed by atoms with E-state index < -0.39 is 18.1 Å². The summed E-state index contributed by atoms with van der Waals surface area (Å²) in [6.45, 7) is 7.37. The van der Waals surface area contributed by atoms with Gasteiger partial charge in [0.2, 0.25) is 0 Å². The summed E-state index contributed by atoms with van der Waals surface area (Å²) >= 11 is 7.66. The number of nitrogens with two attached hydrogens (primary N) is 1. The Kier molecular flexibility index (Phi) is 9.17. The molecule has 230 valence electrons. The van der Waals surface area contributed by atoms with Crippen LogP contribution in [0.2, 0.25) is 5.02 Å². The van der Waals surface area contributed by atoms with Crippen molar-refractivity contribution >= 4 is 68.6 Å². The van der Waals surface area contributed by atoms with Gasteiger partial charge in [-0.15, -0.1) is 11.3 Å². The summed E-state index contributed by atoms with van der Waals surface area (Å²) < 4.78 is 5.78. The quantitative estimate of drug-likeness (QED) is 0.0713. The highest BCUT2D eigenvalue weighted by molar-refractivity contribution is 7.17. The molecular weight excluding hydrogens is 608 g/mol. The van der Waals surface area contributed by atoms with Crippen LogP contribution in [-0.2, 0) is 9.53 Å². The van der Waals surface area contributed by atoms with Crippen LogP contribution in [0.3, 0.4) is 0 Å². The van der Waals surface area contributed by atoms with E-state index in [4.69, 9.17) is 37.9 Å². The lowest BCUT2D eigenvalue weighted by atomic mass is 9.99. The summed E-state index contributed by atoms with van der Waals surface area (Å²) in [5, 5.41) is 21.7. The van der Waals surface area contributed by atoms with Crippen LogP contribution in [0.5, 0.6) is 0 Å². The number of anilines is 3. The van der Waals surface area contributed by atoms with E-state index in [9.17, 15) is 9.59 Å². The maximum absolute atomic E-state index is 13.3. The van der Waals surface area contributed by atoms with Crippen molar-refractivity contribution in [3.8, 4) is 0 Å². The Morgan fingerprint density at radius 3 is 2.40 bits per heavy atom. The number of thiophene rings is 1. The van der Waals surface area contributed by atoms with E-state index in [1.54, 1.807) is 79.4 Å². The molecule has 5 N–H and O–H groups in total. The van der Waals surface area contributed by atoms with Crippen LogP contribution in [0.1, 0.15) is 63.9 Å². The zero-order chi connectivity index (χ0) is 32.4. The standard InChI is InChI=1S/C34H33ClN6O3S/c1-18-20(3)45-34-30(18)31(23-13-15-25(35)16-14-23)39-28(32(38)41(34)21(4)36)17-29(42)44-19(2)22-9-11-24(12-10-22)33(43)40-27-8-6-5-7-26(27)37/h5-16,19,28,36,38H,17,37H2,1-4H3,(H,40,43)/t19-,28-/m1/s1. The van der Waals surface area contributed by atoms with Gasteiger partial charge in [0.1, 0.15) is 28.8 Å². The zero-order valence-electron chi connectivity index (χ0n) is 25.3. The highest BCUT2D eigenvalue weighted by atomic mass is 35.5. The van der Waals surface area contributed by atoms with Crippen molar-refractivity contribution in [3.63, 3.8) is 0 Å². The summed E-state index contributed by atoms with van der Waals surface area (Å²) in [4.78, 5) is 33.6. The molecule has 0 fully saturated rings. The van der Waals surface area contributed by atoms with Gasteiger partial charge in [-0.05, 0) is 75.2 Å². The number of benzene rings is 3. The van der Waals surface area contributed by atoms with Crippen molar-refractivity contribution in [2.45, 2.75) is 46.3 Å². The summed E-state index contributed by atoms with van der Waals surface area (Å²) in [7, 11) is 0. The highest BCUT2D eigenvalue weighted by Gasteiger charge is 2.35. The molecule has 11 heteroatoms. The molecule has 1 aromatic heterocycles.